The maximum atomic E-state index is 11.2. The number of nitrogens with zero attached hydrogens (tertiary/aromatic N) is 2. The van der Waals surface area contributed by atoms with Gasteiger partial charge in [-0.25, -0.2) is 0 Å². The van der Waals surface area contributed by atoms with Gasteiger partial charge in [0, 0.05) is 13.6 Å². The summed E-state index contributed by atoms with van der Waals surface area (Å²) in [6.07, 6.45) is -0.739. The molecule has 1 aromatic carbocycles. The molecular formula is C14H19N3O3. The molecule has 0 bridgehead atoms. The van der Waals surface area contributed by atoms with Gasteiger partial charge in [0.25, 0.3) is 0 Å². The van der Waals surface area contributed by atoms with Crippen molar-refractivity contribution < 1.29 is 14.6 Å². The average Bonchev–Trinajstić information content (AvgIpc) is 2.45. The van der Waals surface area contributed by atoms with E-state index >= 15 is 0 Å². The van der Waals surface area contributed by atoms with Crippen LogP contribution in [0, 0.1) is 11.3 Å². The van der Waals surface area contributed by atoms with Gasteiger partial charge in [-0.05, 0) is 19.2 Å². The van der Waals surface area contributed by atoms with Crippen LogP contribution < -0.4 is 10.1 Å². The zero-order valence-corrected chi connectivity index (χ0v) is 11.7. The number of ether oxygens (including phenoxy) is 1. The van der Waals surface area contributed by atoms with Crippen molar-refractivity contribution in [2.24, 2.45) is 0 Å². The van der Waals surface area contributed by atoms with E-state index in [2.05, 4.69) is 5.32 Å². The van der Waals surface area contributed by atoms with Crippen molar-refractivity contribution in [3.05, 3.63) is 29.8 Å². The molecular weight excluding hydrogens is 258 g/mol. The lowest BCUT2D eigenvalue weighted by Crippen LogP contribution is -2.39. The molecule has 0 heterocycles. The zero-order chi connectivity index (χ0) is 15.0. The molecule has 0 aliphatic rings. The van der Waals surface area contributed by atoms with Gasteiger partial charge in [0.2, 0.25) is 5.91 Å². The van der Waals surface area contributed by atoms with E-state index in [4.69, 9.17) is 10.00 Å². The summed E-state index contributed by atoms with van der Waals surface area (Å²) < 4.78 is 5.42. The molecule has 0 aromatic heterocycles. The highest BCUT2D eigenvalue weighted by Gasteiger charge is 2.12. The molecule has 1 amide bonds. The van der Waals surface area contributed by atoms with Gasteiger partial charge in [0.1, 0.15) is 24.5 Å². The minimum absolute atomic E-state index is 0.0662. The number of hydrogen-bond acceptors (Lipinski definition) is 5. The van der Waals surface area contributed by atoms with Gasteiger partial charge in [0.15, 0.2) is 0 Å². The molecule has 1 unspecified atom stereocenters. The van der Waals surface area contributed by atoms with Crippen molar-refractivity contribution in [3.8, 4) is 11.8 Å². The maximum absolute atomic E-state index is 11.2. The summed E-state index contributed by atoms with van der Waals surface area (Å²) in [5.74, 6) is 0.332. The molecule has 0 radical (unpaired) electrons. The topological polar surface area (TPSA) is 85.6 Å². The number of benzene rings is 1. The van der Waals surface area contributed by atoms with Gasteiger partial charge >= 0.3 is 0 Å². The van der Waals surface area contributed by atoms with Gasteiger partial charge in [0.05, 0.1) is 12.1 Å². The average molecular weight is 277 g/mol. The Labute approximate surface area is 118 Å². The monoisotopic (exact) mass is 277 g/mol. The Morgan fingerprint density at radius 1 is 1.55 bits per heavy atom. The van der Waals surface area contributed by atoms with Gasteiger partial charge in [-0.1, -0.05) is 12.1 Å². The highest BCUT2D eigenvalue weighted by atomic mass is 16.5. The third-order valence-electron chi connectivity index (χ3n) is 2.65. The van der Waals surface area contributed by atoms with E-state index in [0.717, 1.165) is 0 Å². The molecule has 0 saturated heterocycles. The summed E-state index contributed by atoms with van der Waals surface area (Å²) in [5, 5.41) is 21.3. The molecule has 0 spiro atoms. The number of para-hydroxylation sites is 1. The second-order valence-corrected chi connectivity index (χ2v) is 4.44. The Bertz CT molecular complexity index is 485. The fourth-order valence-corrected chi connectivity index (χ4v) is 1.67. The molecule has 1 rings (SSSR count). The second kappa shape index (κ2) is 8.15. The van der Waals surface area contributed by atoms with Crippen LogP contribution >= 0.6 is 0 Å². The molecule has 0 saturated carbocycles. The third-order valence-corrected chi connectivity index (χ3v) is 2.65. The van der Waals surface area contributed by atoms with E-state index in [9.17, 15) is 9.90 Å². The molecule has 0 aliphatic carbocycles. The van der Waals surface area contributed by atoms with Crippen LogP contribution in [0.15, 0.2) is 24.3 Å². The number of rotatable bonds is 7. The Morgan fingerprint density at radius 2 is 2.25 bits per heavy atom. The predicted molar refractivity (Wildman–Crippen MR) is 74.2 cm³/mol. The van der Waals surface area contributed by atoms with Crippen molar-refractivity contribution in [3.63, 3.8) is 0 Å². The second-order valence-electron chi connectivity index (χ2n) is 4.44. The van der Waals surface area contributed by atoms with Crippen LogP contribution in [0.4, 0.5) is 0 Å². The van der Waals surface area contributed by atoms with Crippen LogP contribution in [0.1, 0.15) is 5.56 Å². The molecule has 1 atom stereocenters. The Kier molecular flexibility index (Phi) is 6.50. The minimum atomic E-state index is -0.739. The summed E-state index contributed by atoms with van der Waals surface area (Å²) >= 11 is 0. The number of carbonyl (C=O) groups is 1. The van der Waals surface area contributed by atoms with Crippen LogP contribution in [0.25, 0.3) is 0 Å². The Morgan fingerprint density at radius 3 is 2.90 bits per heavy atom. The van der Waals surface area contributed by atoms with E-state index in [0.29, 0.717) is 17.9 Å². The SMILES string of the molecule is CNC(=O)CN(C)CC(O)COc1ccccc1C#N. The molecule has 108 valence electrons. The Balaban J connectivity index is 2.41. The van der Waals surface area contributed by atoms with E-state index in [1.54, 1.807) is 43.3 Å². The molecule has 1 aromatic rings. The van der Waals surface area contributed by atoms with Crippen molar-refractivity contribution in [1.29, 1.82) is 5.26 Å². The zero-order valence-electron chi connectivity index (χ0n) is 11.7. The van der Waals surface area contributed by atoms with Gasteiger partial charge in [-0.2, -0.15) is 5.26 Å². The predicted octanol–water partition coefficient (Wildman–Crippen LogP) is -0.0242. The first-order chi connectivity index (χ1) is 9.56. The summed E-state index contributed by atoms with van der Waals surface area (Å²) in [6.45, 7) is 0.585. The number of carbonyl (C=O) groups excluding carboxylic acids is 1. The number of aliphatic hydroxyl groups is 1. The smallest absolute Gasteiger partial charge is 0.233 e. The molecule has 0 fully saturated rings. The van der Waals surface area contributed by atoms with E-state index in [-0.39, 0.29) is 19.1 Å². The highest BCUT2D eigenvalue weighted by molar-refractivity contribution is 5.77. The first kappa shape index (κ1) is 16.0. The molecule has 6 heteroatoms. The van der Waals surface area contributed by atoms with Crippen LogP contribution in [0.5, 0.6) is 5.75 Å². The Hall–Kier alpha value is -2.10. The summed E-state index contributed by atoms with van der Waals surface area (Å²) in [5.41, 5.74) is 0.429. The largest absolute Gasteiger partial charge is 0.489 e. The van der Waals surface area contributed by atoms with Crippen LogP contribution in [-0.2, 0) is 4.79 Å². The maximum Gasteiger partial charge on any atom is 0.233 e. The summed E-state index contributed by atoms with van der Waals surface area (Å²) in [7, 11) is 3.30. The van der Waals surface area contributed by atoms with Crippen molar-refractivity contribution >= 4 is 5.91 Å². The highest BCUT2D eigenvalue weighted by Crippen LogP contribution is 2.16. The number of nitrogens with one attached hydrogen (secondary N) is 1. The number of hydrogen-bond donors (Lipinski definition) is 2. The lowest BCUT2D eigenvalue weighted by molar-refractivity contribution is -0.121. The normalized spacial score (nSPS) is 11.8. The first-order valence-corrected chi connectivity index (χ1v) is 6.26. The number of aliphatic hydroxyl groups excluding tert-OH is 1. The standard InChI is InChI=1S/C14H19N3O3/c1-16-14(19)9-17(2)8-12(18)10-20-13-6-4-3-5-11(13)7-15/h3-6,12,18H,8-10H2,1-2H3,(H,16,19). The van der Waals surface area contributed by atoms with Crippen LogP contribution in [0.3, 0.4) is 0 Å². The van der Waals surface area contributed by atoms with Crippen LogP contribution in [0.2, 0.25) is 0 Å². The number of nitriles is 1. The molecule has 0 aliphatic heterocycles. The number of amides is 1. The van der Waals surface area contributed by atoms with E-state index in [1.165, 1.54) is 0 Å². The number of likely N-dealkylation sites (N-methyl/N-ethyl adjacent to an activating group) is 2. The fourth-order valence-electron chi connectivity index (χ4n) is 1.67. The van der Waals surface area contributed by atoms with Gasteiger partial charge in [-0.15, -0.1) is 0 Å². The molecule has 6 nitrogen and oxygen atoms in total. The molecule has 20 heavy (non-hydrogen) atoms. The van der Waals surface area contributed by atoms with Crippen molar-refractivity contribution in [2.75, 3.05) is 33.8 Å². The van der Waals surface area contributed by atoms with E-state index < -0.39 is 6.10 Å². The fraction of sp³-hybridized carbons (Fsp3) is 0.429. The summed E-state index contributed by atoms with van der Waals surface area (Å²) in [6, 6.07) is 8.87. The van der Waals surface area contributed by atoms with E-state index in [1.807, 2.05) is 6.07 Å². The summed E-state index contributed by atoms with van der Waals surface area (Å²) in [4.78, 5) is 12.9. The first-order valence-electron chi connectivity index (χ1n) is 6.26. The van der Waals surface area contributed by atoms with Crippen molar-refractivity contribution in [2.45, 2.75) is 6.10 Å². The van der Waals surface area contributed by atoms with Crippen LogP contribution in [-0.4, -0.2) is 55.8 Å². The van der Waals surface area contributed by atoms with Crippen molar-refractivity contribution in [1.82, 2.24) is 10.2 Å². The lowest BCUT2D eigenvalue weighted by Gasteiger charge is -2.20. The minimum Gasteiger partial charge on any atom is -0.489 e. The lowest BCUT2D eigenvalue weighted by atomic mass is 10.2. The molecule has 2 N–H and O–H groups in total. The van der Waals surface area contributed by atoms with Gasteiger partial charge < -0.3 is 15.2 Å². The quantitative estimate of drug-likeness (QED) is 0.731. The van der Waals surface area contributed by atoms with Gasteiger partial charge in [-0.3, -0.25) is 9.69 Å². The third kappa shape index (κ3) is 5.26.